The maximum atomic E-state index is 12.5. The van der Waals surface area contributed by atoms with Gasteiger partial charge < -0.3 is 20.1 Å². The molecular formula is C22H25N3O4. The zero-order valence-corrected chi connectivity index (χ0v) is 16.2. The summed E-state index contributed by atoms with van der Waals surface area (Å²) in [6, 6.07) is 13.0. The van der Waals surface area contributed by atoms with Crippen LogP contribution in [0, 0.1) is 11.3 Å². The molecule has 4 rings (SSSR count). The van der Waals surface area contributed by atoms with Gasteiger partial charge in [-0.2, -0.15) is 0 Å². The number of carbonyl (C=O) groups excluding carboxylic acids is 1. The third kappa shape index (κ3) is 4.04. The van der Waals surface area contributed by atoms with E-state index in [1.807, 2.05) is 42.5 Å². The first-order chi connectivity index (χ1) is 14.1. The molecule has 2 amide bonds. The monoisotopic (exact) mass is 395 g/mol. The van der Waals surface area contributed by atoms with Crippen molar-refractivity contribution >= 4 is 12.0 Å². The van der Waals surface area contributed by atoms with Crippen molar-refractivity contribution in [1.29, 1.82) is 0 Å². The fourth-order valence-corrected chi connectivity index (χ4v) is 4.43. The summed E-state index contributed by atoms with van der Waals surface area (Å²) < 4.78 is 5.72. The summed E-state index contributed by atoms with van der Waals surface area (Å²) in [5, 5.41) is 12.6. The molecule has 2 aromatic rings. The topological polar surface area (TPSA) is 91.8 Å². The Hall–Kier alpha value is -3.09. The van der Waals surface area contributed by atoms with Crippen LogP contribution in [0.5, 0.6) is 5.75 Å². The highest BCUT2D eigenvalue weighted by Gasteiger charge is 2.55. The van der Waals surface area contributed by atoms with E-state index < -0.39 is 11.4 Å². The van der Waals surface area contributed by atoms with Crippen LogP contribution in [-0.2, 0) is 17.9 Å². The first-order valence-corrected chi connectivity index (χ1v) is 9.95. The van der Waals surface area contributed by atoms with Crippen molar-refractivity contribution in [2.45, 2.75) is 32.4 Å². The summed E-state index contributed by atoms with van der Waals surface area (Å²) in [5.41, 5.74) is 1.07. The van der Waals surface area contributed by atoms with Crippen molar-refractivity contribution in [2.24, 2.45) is 11.3 Å². The molecule has 1 saturated heterocycles. The van der Waals surface area contributed by atoms with Gasteiger partial charge in [0.2, 0.25) is 0 Å². The average molecular weight is 395 g/mol. The minimum absolute atomic E-state index is 0.0706. The van der Waals surface area contributed by atoms with Crippen molar-refractivity contribution < 1.29 is 19.4 Å². The van der Waals surface area contributed by atoms with E-state index in [9.17, 15) is 14.7 Å². The Labute approximate surface area is 169 Å². The van der Waals surface area contributed by atoms with Gasteiger partial charge in [0.05, 0.1) is 11.1 Å². The highest BCUT2D eigenvalue weighted by molar-refractivity contribution is 5.80. The van der Waals surface area contributed by atoms with Gasteiger partial charge in [-0.15, -0.1) is 0 Å². The molecule has 0 bridgehead atoms. The third-order valence-electron chi connectivity index (χ3n) is 6.06. The minimum atomic E-state index is -0.767. The van der Waals surface area contributed by atoms with E-state index in [0.717, 1.165) is 29.8 Å². The number of ether oxygens (including phenoxy) is 1. The lowest BCUT2D eigenvalue weighted by molar-refractivity contribution is -0.149. The summed E-state index contributed by atoms with van der Waals surface area (Å²) >= 11 is 0. The number of benzene rings is 1. The molecule has 1 aliphatic heterocycles. The highest BCUT2D eigenvalue weighted by Crippen LogP contribution is 2.48. The summed E-state index contributed by atoms with van der Waals surface area (Å²) in [7, 11) is 0. The Morgan fingerprint density at radius 3 is 2.76 bits per heavy atom. The fraction of sp³-hybridized carbons (Fsp3) is 0.409. The van der Waals surface area contributed by atoms with Crippen molar-refractivity contribution in [3.8, 4) is 5.75 Å². The van der Waals surface area contributed by atoms with Gasteiger partial charge in [-0.1, -0.05) is 24.6 Å². The van der Waals surface area contributed by atoms with Crippen LogP contribution < -0.4 is 10.1 Å². The van der Waals surface area contributed by atoms with Crippen LogP contribution in [0.1, 0.15) is 30.5 Å². The Morgan fingerprint density at radius 1 is 1.24 bits per heavy atom. The summed E-state index contributed by atoms with van der Waals surface area (Å²) in [4.78, 5) is 30.2. The molecule has 0 spiro atoms. The number of carboxylic acids is 1. The molecule has 1 aliphatic carbocycles. The molecular weight excluding hydrogens is 370 g/mol. The standard InChI is InChI=1S/C22H25N3O4/c26-20(27)22-10-3-4-17(22)13-25(15-22)21(28)24-12-16-6-8-19(9-7-16)29-14-18-5-1-2-11-23-18/h1-2,5-9,11,17H,3-4,10,12-15H2,(H,24,28)(H,26,27)/t17-,22+/m0/s1. The molecule has 7 nitrogen and oxygen atoms in total. The number of pyridine rings is 1. The second kappa shape index (κ2) is 8.11. The molecule has 1 aromatic heterocycles. The van der Waals surface area contributed by atoms with Gasteiger partial charge in [0.25, 0.3) is 0 Å². The molecule has 152 valence electrons. The number of fused-ring (bicyclic) bond motifs is 1. The number of urea groups is 1. The summed E-state index contributed by atoms with van der Waals surface area (Å²) in [6.45, 7) is 1.62. The van der Waals surface area contributed by atoms with Crippen LogP contribution in [0.2, 0.25) is 0 Å². The lowest BCUT2D eigenvalue weighted by Crippen LogP contribution is -2.41. The van der Waals surface area contributed by atoms with E-state index in [4.69, 9.17) is 4.74 Å². The smallest absolute Gasteiger partial charge is 0.317 e. The molecule has 0 unspecified atom stereocenters. The number of carbonyl (C=O) groups is 2. The fourth-order valence-electron chi connectivity index (χ4n) is 4.43. The van der Waals surface area contributed by atoms with Crippen molar-refractivity contribution in [2.75, 3.05) is 13.1 Å². The Bertz CT molecular complexity index is 871. The van der Waals surface area contributed by atoms with E-state index in [1.165, 1.54) is 0 Å². The van der Waals surface area contributed by atoms with E-state index >= 15 is 0 Å². The van der Waals surface area contributed by atoms with Crippen LogP contribution >= 0.6 is 0 Å². The Morgan fingerprint density at radius 2 is 2.07 bits per heavy atom. The number of hydrogen-bond donors (Lipinski definition) is 2. The van der Waals surface area contributed by atoms with Gasteiger partial charge in [-0.25, -0.2) is 4.79 Å². The molecule has 7 heteroatoms. The largest absolute Gasteiger partial charge is 0.487 e. The van der Waals surface area contributed by atoms with Crippen molar-refractivity contribution in [1.82, 2.24) is 15.2 Å². The summed E-state index contributed by atoms with van der Waals surface area (Å²) in [6.07, 6.45) is 4.21. The van der Waals surface area contributed by atoms with Crippen LogP contribution in [0.25, 0.3) is 0 Å². The number of likely N-dealkylation sites (tertiary alicyclic amines) is 1. The van der Waals surface area contributed by atoms with Crippen molar-refractivity contribution in [3.05, 3.63) is 59.9 Å². The predicted octanol–water partition coefficient (Wildman–Crippen LogP) is 3.06. The average Bonchev–Trinajstić information content (AvgIpc) is 3.31. The normalized spacial score (nSPS) is 22.9. The van der Waals surface area contributed by atoms with Gasteiger partial charge >= 0.3 is 12.0 Å². The van der Waals surface area contributed by atoms with Crippen LogP contribution in [0.4, 0.5) is 4.79 Å². The molecule has 2 aliphatic rings. The van der Waals surface area contributed by atoms with Gasteiger partial charge in [-0.05, 0) is 48.6 Å². The third-order valence-corrected chi connectivity index (χ3v) is 6.06. The Kier molecular flexibility index (Phi) is 5.38. The molecule has 1 aromatic carbocycles. The van der Waals surface area contributed by atoms with Gasteiger partial charge in [0, 0.05) is 25.8 Å². The van der Waals surface area contributed by atoms with Crippen LogP contribution in [0.15, 0.2) is 48.7 Å². The zero-order valence-electron chi connectivity index (χ0n) is 16.2. The molecule has 29 heavy (non-hydrogen) atoms. The summed E-state index contributed by atoms with van der Waals surface area (Å²) in [5.74, 6) is 0.0411. The number of carboxylic acid groups (broad SMARTS) is 1. The molecule has 2 heterocycles. The number of hydrogen-bond acceptors (Lipinski definition) is 4. The number of rotatable bonds is 6. The molecule has 2 atom stereocenters. The first-order valence-electron chi connectivity index (χ1n) is 9.95. The zero-order chi connectivity index (χ0) is 20.3. The van der Waals surface area contributed by atoms with Gasteiger partial charge in [0.15, 0.2) is 0 Å². The van der Waals surface area contributed by atoms with E-state index in [-0.39, 0.29) is 11.9 Å². The van der Waals surface area contributed by atoms with E-state index in [1.54, 1.807) is 11.1 Å². The van der Waals surface area contributed by atoms with Crippen LogP contribution in [-0.4, -0.2) is 40.1 Å². The molecule has 2 fully saturated rings. The number of aliphatic carboxylic acids is 1. The number of nitrogens with zero attached hydrogens (tertiary/aromatic N) is 2. The first kappa shape index (κ1) is 19.2. The second-order valence-electron chi connectivity index (χ2n) is 7.84. The van der Waals surface area contributed by atoms with E-state index in [2.05, 4.69) is 10.3 Å². The highest BCUT2D eigenvalue weighted by atomic mass is 16.5. The molecule has 1 saturated carbocycles. The van der Waals surface area contributed by atoms with Crippen LogP contribution in [0.3, 0.4) is 0 Å². The quantitative estimate of drug-likeness (QED) is 0.784. The van der Waals surface area contributed by atoms with Gasteiger partial charge in [0.1, 0.15) is 12.4 Å². The molecule has 0 radical (unpaired) electrons. The maximum Gasteiger partial charge on any atom is 0.317 e. The maximum absolute atomic E-state index is 12.5. The Balaban J connectivity index is 1.27. The second-order valence-corrected chi connectivity index (χ2v) is 7.84. The predicted molar refractivity (Wildman–Crippen MR) is 106 cm³/mol. The SMILES string of the molecule is O=C(NCc1ccc(OCc2ccccn2)cc1)N1C[C@@H]2CCC[C@@]2(C(=O)O)C1. The minimum Gasteiger partial charge on any atom is -0.487 e. The number of amides is 2. The number of nitrogens with one attached hydrogen (secondary N) is 1. The van der Waals surface area contributed by atoms with Gasteiger partial charge in [-0.3, -0.25) is 9.78 Å². The number of aromatic nitrogens is 1. The van der Waals surface area contributed by atoms with E-state index in [0.29, 0.717) is 32.7 Å². The van der Waals surface area contributed by atoms with Crippen molar-refractivity contribution in [3.63, 3.8) is 0 Å². The lowest BCUT2D eigenvalue weighted by Gasteiger charge is -2.23. The molecule has 2 N–H and O–H groups in total. The lowest BCUT2D eigenvalue weighted by atomic mass is 9.81.